The van der Waals surface area contributed by atoms with E-state index in [0.29, 0.717) is 6.54 Å². The molecule has 0 radical (unpaired) electrons. The van der Waals surface area contributed by atoms with Crippen LogP contribution >= 0.6 is 0 Å². The first-order chi connectivity index (χ1) is 8.97. The predicted octanol–water partition coefficient (Wildman–Crippen LogP) is 3.24. The zero-order valence-corrected chi connectivity index (χ0v) is 10.5. The molecule has 1 atom stereocenters. The van der Waals surface area contributed by atoms with Crippen molar-refractivity contribution in [2.24, 2.45) is 0 Å². The average molecular weight is 283 g/mol. The lowest BCUT2D eigenvalue weighted by molar-refractivity contribution is -0.167. The van der Waals surface area contributed by atoms with Gasteiger partial charge in [0.2, 0.25) is 0 Å². The van der Waals surface area contributed by atoms with Crippen LogP contribution in [-0.4, -0.2) is 32.1 Å². The van der Waals surface area contributed by atoms with Crippen molar-refractivity contribution >= 4 is 0 Å². The number of alkyl halides is 4. The van der Waals surface area contributed by atoms with Crippen molar-refractivity contribution in [2.75, 3.05) is 19.8 Å². The summed E-state index contributed by atoms with van der Waals surface area (Å²) in [4.78, 5) is 0. The van der Waals surface area contributed by atoms with Gasteiger partial charge in [0.15, 0.2) is 0 Å². The van der Waals surface area contributed by atoms with Gasteiger partial charge in [-0.25, -0.2) is 8.78 Å². The topological polar surface area (TPSA) is 34.4 Å². The van der Waals surface area contributed by atoms with Crippen LogP contribution in [0.15, 0.2) is 23.0 Å². The molecule has 19 heavy (non-hydrogen) atoms. The van der Waals surface area contributed by atoms with Crippen LogP contribution in [0.2, 0.25) is 0 Å². The number of hydrogen-bond donors (Lipinski definition) is 1. The van der Waals surface area contributed by atoms with Crippen LogP contribution in [0.3, 0.4) is 0 Å². The van der Waals surface area contributed by atoms with Gasteiger partial charge in [-0.3, -0.25) is 0 Å². The summed E-state index contributed by atoms with van der Waals surface area (Å²) in [6.07, 6.45) is 0.0381. The van der Waals surface area contributed by atoms with Crippen molar-refractivity contribution in [1.29, 1.82) is 0 Å². The Kier molecular flexibility index (Phi) is 6.30. The first-order valence-corrected chi connectivity index (χ1v) is 5.96. The predicted molar refractivity (Wildman–Crippen MR) is 61.5 cm³/mol. The summed E-state index contributed by atoms with van der Waals surface area (Å²) in [5.74, 6) is -4.12. The summed E-state index contributed by atoms with van der Waals surface area (Å²) in [6.45, 7) is 1.18. The van der Waals surface area contributed by atoms with E-state index in [-0.39, 0.29) is 12.6 Å². The maximum atomic E-state index is 12.7. The highest BCUT2D eigenvalue weighted by Gasteiger charge is 2.41. The van der Waals surface area contributed by atoms with Gasteiger partial charge in [0, 0.05) is 5.56 Å². The van der Waals surface area contributed by atoms with E-state index in [1.54, 1.807) is 6.07 Å². The van der Waals surface area contributed by atoms with E-state index in [1.807, 2.05) is 6.92 Å². The molecule has 1 unspecified atom stereocenters. The molecule has 1 aromatic rings. The van der Waals surface area contributed by atoms with Gasteiger partial charge in [-0.1, -0.05) is 6.92 Å². The molecule has 0 aliphatic carbocycles. The highest BCUT2D eigenvalue weighted by atomic mass is 19.3. The van der Waals surface area contributed by atoms with Gasteiger partial charge in [-0.2, -0.15) is 8.78 Å². The summed E-state index contributed by atoms with van der Waals surface area (Å²) < 4.78 is 58.9. The van der Waals surface area contributed by atoms with Crippen molar-refractivity contribution in [3.8, 4) is 0 Å². The molecule has 1 rings (SSSR count). The molecule has 110 valence electrons. The van der Waals surface area contributed by atoms with E-state index in [0.717, 1.165) is 12.0 Å². The highest BCUT2D eigenvalue weighted by molar-refractivity contribution is 5.11. The number of hydrogen-bond acceptors (Lipinski definition) is 3. The van der Waals surface area contributed by atoms with Gasteiger partial charge in [0.25, 0.3) is 0 Å². The molecule has 0 aliphatic rings. The van der Waals surface area contributed by atoms with Crippen molar-refractivity contribution in [2.45, 2.75) is 31.7 Å². The van der Waals surface area contributed by atoms with E-state index in [2.05, 4.69) is 5.32 Å². The van der Waals surface area contributed by atoms with Crippen molar-refractivity contribution in [3.05, 3.63) is 24.2 Å². The lowest BCUT2D eigenvalue weighted by Crippen LogP contribution is -2.34. The normalized spacial score (nSPS) is 14.0. The molecular weight excluding hydrogens is 266 g/mol. The fourth-order valence-electron chi connectivity index (χ4n) is 1.44. The van der Waals surface area contributed by atoms with Crippen LogP contribution < -0.4 is 5.32 Å². The Hall–Kier alpha value is -1.08. The third-order valence-electron chi connectivity index (χ3n) is 2.48. The molecule has 0 fully saturated rings. The molecule has 0 amide bonds. The molecule has 3 nitrogen and oxygen atoms in total. The molecule has 0 spiro atoms. The van der Waals surface area contributed by atoms with Crippen LogP contribution in [0.4, 0.5) is 17.6 Å². The Morgan fingerprint density at radius 1 is 1.42 bits per heavy atom. The molecule has 0 saturated heterocycles. The van der Waals surface area contributed by atoms with Crippen molar-refractivity contribution in [1.82, 2.24) is 5.32 Å². The lowest BCUT2D eigenvalue weighted by Gasteiger charge is -2.20. The van der Waals surface area contributed by atoms with E-state index < -0.39 is 19.0 Å². The lowest BCUT2D eigenvalue weighted by atomic mass is 10.1. The summed E-state index contributed by atoms with van der Waals surface area (Å²) in [7, 11) is 0. The van der Waals surface area contributed by atoms with E-state index in [4.69, 9.17) is 9.15 Å². The van der Waals surface area contributed by atoms with Gasteiger partial charge < -0.3 is 14.5 Å². The van der Waals surface area contributed by atoms with Crippen LogP contribution in [0, 0.1) is 0 Å². The molecule has 0 aromatic carbocycles. The summed E-state index contributed by atoms with van der Waals surface area (Å²) in [6, 6.07) is 1.31. The standard InChI is InChI=1S/C12H17F4NO2/c1-2-4-17-10(9-3-5-18-6-9)7-19-8-12(15,16)11(13)14/h3,5-6,10-11,17H,2,4,7-8H2,1H3. The minimum atomic E-state index is -4.12. The highest BCUT2D eigenvalue weighted by Crippen LogP contribution is 2.23. The summed E-state index contributed by atoms with van der Waals surface area (Å²) in [5, 5.41) is 3.07. The van der Waals surface area contributed by atoms with Gasteiger partial charge in [-0.15, -0.1) is 0 Å². The Morgan fingerprint density at radius 3 is 2.68 bits per heavy atom. The number of rotatable bonds is 9. The second kappa shape index (κ2) is 7.49. The molecule has 0 bridgehead atoms. The van der Waals surface area contributed by atoms with Crippen molar-refractivity contribution < 1.29 is 26.7 Å². The quantitative estimate of drug-likeness (QED) is 0.706. The summed E-state index contributed by atoms with van der Waals surface area (Å²) >= 11 is 0. The van der Waals surface area contributed by atoms with Crippen LogP contribution in [0.25, 0.3) is 0 Å². The molecule has 1 N–H and O–H groups in total. The number of ether oxygens (including phenoxy) is 1. The fourth-order valence-corrected chi connectivity index (χ4v) is 1.44. The molecule has 1 heterocycles. The Balaban J connectivity index is 2.46. The van der Waals surface area contributed by atoms with Crippen LogP contribution in [0.1, 0.15) is 24.9 Å². The van der Waals surface area contributed by atoms with Gasteiger partial charge in [0.05, 0.1) is 25.2 Å². The Morgan fingerprint density at radius 2 is 2.16 bits per heavy atom. The molecule has 0 aliphatic heterocycles. The Bertz CT molecular complexity index is 344. The van der Waals surface area contributed by atoms with E-state index >= 15 is 0 Å². The number of furan rings is 1. The van der Waals surface area contributed by atoms with Crippen LogP contribution in [0.5, 0.6) is 0 Å². The molecule has 0 saturated carbocycles. The Labute approximate surface area is 108 Å². The second-order valence-electron chi connectivity index (χ2n) is 4.14. The minimum Gasteiger partial charge on any atom is -0.472 e. The number of halogens is 4. The third-order valence-corrected chi connectivity index (χ3v) is 2.48. The molecular formula is C12H17F4NO2. The zero-order valence-electron chi connectivity index (χ0n) is 10.5. The third kappa shape index (κ3) is 5.20. The van der Waals surface area contributed by atoms with Crippen LogP contribution in [-0.2, 0) is 4.74 Å². The van der Waals surface area contributed by atoms with E-state index in [9.17, 15) is 17.6 Å². The molecule has 1 aromatic heterocycles. The summed E-state index contributed by atoms with van der Waals surface area (Å²) in [5.41, 5.74) is 0.730. The smallest absolute Gasteiger partial charge is 0.330 e. The monoisotopic (exact) mass is 283 g/mol. The van der Waals surface area contributed by atoms with Crippen molar-refractivity contribution in [3.63, 3.8) is 0 Å². The second-order valence-corrected chi connectivity index (χ2v) is 4.14. The fraction of sp³-hybridized carbons (Fsp3) is 0.667. The van der Waals surface area contributed by atoms with E-state index in [1.165, 1.54) is 12.5 Å². The average Bonchev–Trinajstić information content (AvgIpc) is 2.86. The largest absolute Gasteiger partial charge is 0.472 e. The maximum Gasteiger partial charge on any atom is 0.330 e. The first kappa shape index (κ1) is 16.0. The molecule has 7 heteroatoms. The van der Waals surface area contributed by atoms with Gasteiger partial charge in [-0.05, 0) is 19.0 Å². The minimum absolute atomic E-state index is 0.123. The number of nitrogens with one attached hydrogen (secondary N) is 1. The zero-order chi connectivity index (χ0) is 14.3. The SMILES string of the molecule is CCCNC(COCC(F)(F)C(F)F)c1ccoc1. The first-order valence-electron chi connectivity index (χ1n) is 5.96. The van der Waals surface area contributed by atoms with Gasteiger partial charge >= 0.3 is 12.3 Å². The maximum absolute atomic E-state index is 12.7. The van der Waals surface area contributed by atoms with Gasteiger partial charge in [0.1, 0.15) is 6.61 Å².